The van der Waals surface area contributed by atoms with E-state index in [2.05, 4.69) is 0 Å². The predicted molar refractivity (Wildman–Crippen MR) is 100 cm³/mol. The van der Waals surface area contributed by atoms with Gasteiger partial charge >= 0.3 is 0 Å². The number of carbonyl (C=O) groups excluding carboxylic acids is 1. The molecular formula is C19H24N2O2S. The first-order valence-corrected chi connectivity index (χ1v) is 9.06. The van der Waals surface area contributed by atoms with E-state index in [1.54, 1.807) is 23.8 Å². The van der Waals surface area contributed by atoms with Crippen LogP contribution in [-0.2, 0) is 17.8 Å². The molecule has 0 aromatic heterocycles. The number of thioether (sulfide) groups is 1. The highest BCUT2D eigenvalue weighted by Gasteiger charge is 2.12. The molecule has 0 heterocycles. The maximum atomic E-state index is 12.4. The van der Waals surface area contributed by atoms with E-state index in [9.17, 15) is 4.79 Å². The van der Waals surface area contributed by atoms with Gasteiger partial charge in [0.05, 0.1) is 7.11 Å². The number of nitrogen functional groups attached to an aromatic ring is 1. The van der Waals surface area contributed by atoms with Gasteiger partial charge in [-0.05, 0) is 42.0 Å². The Bertz CT molecular complexity index is 704. The van der Waals surface area contributed by atoms with Crippen molar-refractivity contribution in [3.05, 3.63) is 53.6 Å². The minimum atomic E-state index is 0.103. The van der Waals surface area contributed by atoms with Crippen LogP contribution in [0.15, 0.2) is 47.4 Å². The van der Waals surface area contributed by atoms with Gasteiger partial charge in [-0.25, -0.2) is 0 Å². The molecule has 0 aliphatic heterocycles. The number of amides is 1. The number of methoxy groups -OCH3 is 1. The quantitative estimate of drug-likeness (QED) is 0.616. The molecule has 0 radical (unpaired) electrons. The summed E-state index contributed by atoms with van der Waals surface area (Å²) in [7, 11) is 3.49. The molecule has 0 unspecified atom stereocenters. The number of nitrogens with two attached hydrogens (primary N) is 1. The molecular weight excluding hydrogens is 320 g/mol. The zero-order valence-corrected chi connectivity index (χ0v) is 15.2. The first-order valence-electron chi connectivity index (χ1n) is 7.83. The maximum absolute atomic E-state index is 12.4. The summed E-state index contributed by atoms with van der Waals surface area (Å²) in [5, 5.41) is 0. The van der Waals surface area contributed by atoms with E-state index < -0.39 is 0 Å². The lowest BCUT2D eigenvalue weighted by molar-refractivity contribution is -0.130. The summed E-state index contributed by atoms with van der Waals surface area (Å²) in [6.07, 6.45) is 3.12. The van der Waals surface area contributed by atoms with Crippen LogP contribution < -0.4 is 10.5 Å². The summed E-state index contributed by atoms with van der Waals surface area (Å²) in [5.41, 5.74) is 8.74. The summed E-state index contributed by atoms with van der Waals surface area (Å²) in [4.78, 5) is 15.2. The molecule has 4 nitrogen and oxygen atoms in total. The largest absolute Gasteiger partial charge is 0.496 e. The molecule has 0 aliphatic carbocycles. The molecule has 0 fully saturated rings. The van der Waals surface area contributed by atoms with Crippen LogP contribution in [-0.4, -0.2) is 31.2 Å². The fourth-order valence-corrected chi connectivity index (χ4v) is 3.08. The van der Waals surface area contributed by atoms with Crippen LogP contribution in [0.2, 0.25) is 0 Å². The smallest absolute Gasteiger partial charge is 0.222 e. The zero-order valence-electron chi connectivity index (χ0n) is 14.4. The van der Waals surface area contributed by atoms with E-state index in [-0.39, 0.29) is 5.91 Å². The second kappa shape index (κ2) is 8.64. The van der Waals surface area contributed by atoms with E-state index in [1.165, 1.54) is 0 Å². The van der Waals surface area contributed by atoms with Crippen LogP contribution in [0.5, 0.6) is 5.75 Å². The van der Waals surface area contributed by atoms with Crippen LogP contribution in [0.1, 0.15) is 17.5 Å². The second-order valence-corrected chi connectivity index (χ2v) is 6.49. The van der Waals surface area contributed by atoms with E-state index in [1.807, 2.05) is 55.8 Å². The predicted octanol–water partition coefficient (Wildman–Crippen LogP) is 3.59. The van der Waals surface area contributed by atoms with Gasteiger partial charge in [-0.15, -0.1) is 11.8 Å². The van der Waals surface area contributed by atoms with Crippen molar-refractivity contribution in [3.8, 4) is 5.75 Å². The lowest BCUT2D eigenvalue weighted by Gasteiger charge is -2.18. The molecule has 2 rings (SSSR count). The molecule has 0 bridgehead atoms. The fraction of sp³-hybridized carbons (Fsp3) is 0.316. The maximum Gasteiger partial charge on any atom is 0.222 e. The monoisotopic (exact) mass is 344 g/mol. The first-order chi connectivity index (χ1) is 11.5. The number of rotatable bonds is 7. The Kier molecular flexibility index (Phi) is 6.55. The summed E-state index contributed by atoms with van der Waals surface area (Å²) in [6, 6.07) is 13.7. The summed E-state index contributed by atoms with van der Waals surface area (Å²) in [5.74, 6) is 0.948. The number of anilines is 1. The molecule has 2 aromatic carbocycles. The number of carbonyl (C=O) groups is 1. The van der Waals surface area contributed by atoms with E-state index in [4.69, 9.17) is 10.5 Å². The van der Waals surface area contributed by atoms with E-state index in [0.717, 1.165) is 27.5 Å². The third kappa shape index (κ3) is 4.68. The van der Waals surface area contributed by atoms with Gasteiger partial charge in [0, 0.05) is 30.6 Å². The molecule has 128 valence electrons. The van der Waals surface area contributed by atoms with Gasteiger partial charge < -0.3 is 15.4 Å². The van der Waals surface area contributed by atoms with Crippen molar-refractivity contribution in [2.45, 2.75) is 24.3 Å². The van der Waals surface area contributed by atoms with Crippen LogP contribution in [0, 0.1) is 0 Å². The van der Waals surface area contributed by atoms with Gasteiger partial charge in [-0.1, -0.05) is 24.3 Å². The zero-order chi connectivity index (χ0) is 17.5. The van der Waals surface area contributed by atoms with Crippen molar-refractivity contribution in [2.75, 3.05) is 26.1 Å². The van der Waals surface area contributed by atoms with E-state index >= 15 is 0 Å². The average Bonchev–Trinajstić information content (AvgIpc) is 2.60. The Labute approximate surface area is 148 Å². The van der Waals surface area contributed by atoms with Gasteiger partial charge in [0.1, 0.15) is 5.75 Å². The molecule has 0 saturated carbocycles. The van der Waals surface area contributed by atoms with Crippen molar-refractivity contribution in [2.24, 2.45) is 0 Å². The lowest BCUT2D eigenvalue weighted by atomic mass is 10.1. The Morgan fingerprint density at radius 1 is 1.25 bits per heavy atom. The van der Waals surface area contributed by atoms with Gasteiger partial charge in [0.25, 0.3) is 0 Å². The molecule has 0 atom stereocenters. The standard InChI is InChI=1S/C19H24N2O2S/c1-21(13-14-8-10-18(24-3)17(12-14)23-2)19(22)11-9-15-6-4-5-7-16(15)20/h4-8,10,12H,9,11,13,20H2,1-3H3. The highest BCUT2D eigenvalue weighted by molar-refractivity contribution is 7.98. The van der Waals surface area contributed by atoms with Crippen LogP contribution >= 0.6 is 11.8 Å². The molecule has 24 heavy (non-hydrogen) atoms. The molecule has 1 amide bonds. The second-order valence-electron chi connectivity index (χ2n) is 5.64. The van der Waals surface area contributed by atoms with Crippen LogP contribution in [0.3, 0.4) is 0 Å². The molecule has 2 aromatic rings. The van der Waals surface area contributed by atoms with Crippen molar-refractivity contribution in [1.82, 2.24) is 4.90 Å². The van der Waals surface area contributed by atoms with Crippen molar-refractivity contribution >= 4 is 23.4 Å². The first kappa shape index (κ1) is 18.2. The summed E-state index contributed by atoms with van der Waals surface area (Å²) >= 11 is 1.64. The Morgan fingerprint density at radius 3 is 2.67 bits per heavy atom. The van der Waals surface area contributed by atoms with E-state index in [0.29, 0.717) is 19.4 Å². The number of hydrogen-bond donors (Lipinski definition) is 1. The number of nitrogens with zero attached hydrogens (tertiary/aromatic N) is 1. The molecule has 0 aliphatic rings. The molecule has 0 spiro atoms. The minimum Gasteiger partial charge on any atom is -0.496 e. The SMILES string of the molecule is COc1cc(CN(C)C(=O)CCc2ccccc2N)ccc1SC. The van der Waals surface area contributed by atoms with Crippen molar-refractivity contribution in [3.63, 3.8) is 0 Å². The molecule has 2 N–H and O–H groups in total. The van der Waals surface area contributed by atoms with Crippen LogP contribution in [0.4, 0.5) is 5.69 Å². The number of benzene rings is 2. The van der Waals surface area contributed by atoms with Gasteiger partial charge in [-0.3, -0.25) is 4.79 Å². The van der Waals surface area contributed by atoms with Gasteiger partial charge in [0.15, 0.2) is 0 Å². The molecule has 0 saturated heterocycles. The van der Waals surface area contributed by atoms with Crippen molar-refractivity contribution < 1.29 is 9.53 Å². The number of ether oxygens (including phenoxy) is 1. The van der Waals surface area contributed by atoms with Gasteiger partial charge in [0.2, 0.25) is 5.91 Å². The number of hydrogen-bond acceptors (Lipinski definition) is 4. The lowest BCUT2D eigenvalue weighted by Crippen LogP contribution is -2.26. The third-order valence-electron chi connectivity index (χ3n) is 3.96. The number of para-hydroxylation sites is 1. The fourth-order valence-electron chi connectivity index (χ4n) is 2.54. The Hall–Kier alpha value is -2.14. The summed E-state index contributed by atoms with van der Waals surface area (Å²) < 4.78 is 5.40. The Balaban J connectivity index is 1.95. The van der Waals surface area contributed by atoms with Gasteiger partial charge in [-0.2, -0.15) is 0 Å². The third-order valence-corrected chi connectivity index (χ3v) is 4.73. The van der Waals surface area contributed by atoms with Crippen LogP contribution in [0.25, 0.3) is 0 Å². The van der Waals surface area contributed by atoms with Crippen molar-refractivity contribution in [1.29, 1.82) is 0 Å². The topological polar surface area (TPSA) is 55.6 Å². The highest BCUT2D eigenvalue weighted by Crippen LogP contribution is 2.28. The average molecular weight is 344 g/mol. The Morgan fingerprint density at radius 2 is 2.00 bits per heavy atom. The number of aryl methyl sites for hydroxylation is 1. The molecule has 5 heteroatoms. The highest BCUT2D eigenvalue weighted by atomic mass is 32.2. The normalized spacial score (nSPS) is 10.5. The minimum absolute atomic E-state index is 0.103. The summed E-state index contributed by atoms with van der Waals surface area (Å²) in [6.45, 7) is 0.564.